The quantitative estimate of drug-likeness (QED) is 0.643. The van der Waals surface area contributed by atoms with Crippen LogP contribution in [0.5, 0.6) is 0 Å². The SMILES string of the molecule is CCC(C)OC(=O)Nc1cccc(CN=C=O)c1. The number of nitrogens with zero attached hydrogens (tertiary/aromatic N) is 1. The normalized spacial score (nSPS) is 11.2. The van der Waals surface area contributed by atoms with Crippen LogP contribution in [-0.4, -0.2) is 18.3 Å². The fraction of sp³-hybridized carbons (Fsp3) is 0.385. The van der Waals surface area contributed by atoms with Gasteiger partial charge in [-0.2, -0.15) is 0 Å². The van der Waals surface area contributed by atoms with Crippen LogP contribution in [0.1, 0.15) is 25.8 Å². The van der Waals surface area contributed by atoms with Gasteiger partial charge in [0.05, 0.1) is 6.54 Å². The van der Waals surface area contributed by atoms with Gasteiger partial charge in [0.25, 0.3) is 0 Å². The summed E-state index contributed by atoms with van der Waals surface area (Å²) in [6, 6.07) is 7.06. The lowest BCUT2D eigenvalue weighted by Gasteiger charge is -2.12. The highest BCUT2D eigenvalue weighted by Crippen LogP contribution is 2.12. The Balaban J connectivity index is 2.61. The summed E-state index contributed by atoms with van der Waals surface area (Å²) in [5.41, 5.74) is 1.43. The van der Waals surface area contributed by atoms with Gasteiger partial charge in [0.15, 0.2) is 0 Å². The van der Waals surface area contributed by atoms with Gasteiger partial charge in [-0.1, -0.05) is 19.1 Å². The molecule has 0 saturated carbocycles. The van der Waals surface area contributed by atoms with Gasteiger partial charge in [0, 0.05) is 5.69 Å². The summed E-state index contributed by atoms with van der Waals surface area (Å²) in [5, 5.41) is 2.62. The van der Waals surface area contributed by atoms with Crippen molar-refractivity contribution >= 4 is 17.9 Å². The first kappa shape index (κ1) is 13.9. The van der Waals surface area contributed by atoms with E-state index in [1.54, 1.807) is 18.2 Å². The van der Waals surface area contributed by atoms with E-state index >= 15 is 0 Å². The molecule has 0 fully saturated rings. The van der Waals surface area contributed by atoms with Gasteiger partial charge in [-0.25, -0.2) is 14.6 Å². The third kappa shape index (κ3) is 4.80. The Morgan fingerprint density at radius 3 is 3.00 bits per heavy atom. The van der Waals surface area contributed by atoms with Crippen LogP contribution in [0.2, 0.25) is 0 Å². The second kappa shape index (κ2) is 7.25. The molecule has 0 saturated heterocycles. The van der Waals surface area contributed by atoms with Gasteiger partial charge in [-0.15, -0.1) is 0 Å². The van der Waals surface area contributed by atoms with Crippen LogP contribution in [0.15, 0.2) is 29.3 Å². The molecule has 0 spiro atoms. The van der Waals surface area contributed by atoms with Crippen molar-refractivity contribution in [1.29, 1.82) is 0 Å². The minimum absolute atomic E-state index is 0.118. The largest absolute Gasteiger partial charge is 0.446 e. The molecular weight excluding hydrogens is 232 g/mol. The number of benzene rings is 1. The van der Waals surface area contributed by atoms with Crippen LogP contribution in [0.3, 0.4) is 0 Å². The summed E-state index contributed by atoms with van der Waals surface area (Å²) in [4.78, 5) is 25.0. The van der Waals surface area contributed by atoms with Crippen LogP contribution < -0.4 is 5.32 Å². The highest BCUT2D eigenvalue weighted by Gasteiger charge is 2.07. The van der Waals surface area contributed by atoms with Crippen LogP contribution in [0.4, 0.5) is 10.5 Å². The highest BCUT2D eigenvalue weighted by molar-refractivity contribution is 5.84. The second-order valence-corrected chi connectivity index (χ2v) is 3.86. The number of carbonyl (C=O) groups excluding carboxylic acids is 2. The molecule has 1 N–H and O–H groups in total. The maximum Gasteiger partial charge on any atom is 0.411 e. The number of nitrogens with one attached hydrogen (secondary N) is 1. The Kier molecular flexibility index (Phi) is 5.61. The van der Waals surface area contributed by atoms with Crippen molar-refractivity contribution in [3.63, 3.8) is 0 Å². The number of isocyanates is 1. The molecule has 1 amide bonds. The van der Waals surface area contributed by atoms with Gasteiger partial charge in [0.1, 0.15) is 6.10 Å². The molecule has 1 aromatic rings. The molecule has 0 aromatic heterocycles. The Morgan fingerprint density at radius 2 is 2.33 bits per heavy atom. The summed E-state index contributed by atoms with van der Waals surface area (Å²) in [7, 11) is 0. The van der Waals surface area contributed by atoms with E-state index in [4.69, 9.17) is 4.74 Å². The standard InChI is InChI=1S/C13H16N2O3/c1-3-10(2)18-13(17)15-12-6-4-5-11(7-12)8-14-9-16/h4-7,10H,3,8H2,1-2H3,(H,15,17). The van der Waals surface area contributed by atoms with E-state index in [9.17, 15) is 9.59 Å². The van der Waals surface area contributed by atoms with Crippen molar-refractivity contribution in [2.24, 2.45) is 4.99 Å². The molecule has 0 bridgehead atoms. The molecule has 1 aromatic carbocycles. The van der Waals surface area contributed by atoms with Crippen LogP contribution in [0.25, 0.3) is 0 Å². The number of hydrogen-bond acceptors (Lipinski definition) is 4. The van der Waals surface area contributed by atoms with Crippen molar-refractivity contribution in [1.82, 2.24) is 0 Å². The number of aliphatic imine (C=N–C) groups is 1. The second-order valence-electron chi connectivity index (χ2n) is 3.86. The van der Waals surface area contributed by atoms with Crippen molar-refractivity contribution in [2.45, 2.75) is 32.9 Å². The Bertz CT molecular complexity index is 453. The molecule has 0 aliphatic heterocycles. The zero-order chi connectivity index (χ0) is 13.4. The maximum atomic E-state index is 11.5. The van der Waals surface area contributed by atoms with E-state index in [0.29, 0.717) is 5.69 Å². The molecule has 1 atom stereocenters. The van der Waals surface area contributed by atoms with E-state index in [1.807, 2.05) is 19.9 Å². The molecule has 1 unspecified atom stereocenters. The first-order valence-corrected chi connectivity index (χ1v) is 5.76. The van der Waals surface area contributed by atoms with E-state index in [-0.39, 0.29) is 12.6 Å². The predicted octanol–water partition coefficient (Wildman–Crippen LogP) is 2.87. The summed E-state index contributed by atoms with van der Waals surface area (Å²) < 4.78 is 5.09. The molecular formula is C13H16N2O3. The average molecular weight is 248 g/mol. The number of amides is 1. The minimum atomic E-state index is -0.486. The fourth-order valence-corrected chi connectivity index (χ4v) is 1.28. The molecule has 1 rings (SSSR count). The zero-order valence-corrected chi connectivity index (χ0v) is 10.5. The average Bonchev–Trinajstić information content (AvgIpc) is 2.36. The van der Waals surface area contributed by atoms with Crippen LogP contribution in [0, 0.1) is 0 Å². The molecule has 18 heavy (non-hydrogen) atoms. The fourth-order valence-electron chi connectivity index (χ4n) is 1.28. The highest BCUT2D eigenvalue weighted by atomic mass is 16.6. The first-order chi connectivity index (χ1) is 8.65. The van der Waals surface area contributed by atoms with E-state index in [2.05, 4.69) is 10.3 Å². The molecule has 5 heteroatoms. The number of hydrogen-bond donors (Lipinski definition) is 1. The van der Waals surface area contributed by atoms with Gasteiger partial charge in [0.2, 0.25) is 6.08 Å². The van der Waals surface area contributed by atoms with Crippen molar-refractivity contribution in [2.75, 3.05) is 5.32 Å². The number of anilines is 1. The van der Waals surface area contributed by atoms with Gasteiger partial charge < -0.3 is 4.74 Å². The van der Waals surface area contributed by atoms with Crippen LogP contribution in [-0.2, 0) is 16.1 Å². The Hall–Kier alpha value is -2.13. The third-order valence-corrected chi connectivity index (χ3v) is 2.38. The monoisotopic (exact) mass is 248 g/mol. The van der Waals surface area contributed by atoms with E-state index in [0.717, 1.165) is 12.0 Å². The van der Waals surface area contributed by atoms with Crippen LogP contribution >= 0.6 is 0 Å². The van der Waals surface area contributed by atoms with Gasteiger partial charge in [-0.05, 0) is 31.0 Å². The zero-order valence-electron chi connectivity index (χ0n) is 10.5. The summed E-state index contributed by atoms with van der Waals surface area (Å²) >= 11 is 0. The molecule has 0 radical (unpaired) electrons. The lowest BCUT2D eigenvalue weighted by molar-refractivity contribution is 0.118. The number of rotatable bonds is 5. The topological polar surface area (TPSA) is 67.8 Å². The Labute approximate surface area is 106 Å². The molecule has 96 valence electrons. The lowest BCUT2D eigenvalue weighted by atomic mass is 10.2. The summed E-state index contributed by atoms with van der Waals surface area (Å²) in [5.74, 6) is 0. The van der Waals surface area contributed by atoms with Crippen molar-refractivity contribution in [3.05, 3.63) is 29.8 Å². The smallest absolute Gasteiger partial charge is 0.411 e. The predicted molar refractivity (Wildman–Crippen MR) is 68.1 cm³/mol. The molecule has 0 aliphatic carbocycles. The van der Waals surface area contributed by atoms with E-state index in [1.165, 1.54) is 6.08 Å². The lowest BCUT2D eigenvalue weighted by Crippen LogP contribution is -2.19. The van der Waals surface area contributed by atoms with Crippen molar-refractivity contribution in [3.8, 4) is 0 Å². The van der Waals surface area contributed by atoms with Gasteiger partial charge >= 0.3 is 6.09 Å². The number of carbonyl (C=O) groups is 1. The summed E-state index contributed by atoms with van der Waals surface area (Å²) in [6.07, 6.45) is 1.63. The van der Waals surface area contributed by atoms with Gasteiger partial charge in [-0.3, -0.25) is 5.32 Å². The summed E-state index contributed by atoms with van der Waals surface area (Å²) in [6.45, 7) is 4.02. The van der Waals surface area contributed by atoms with Crippen molar-refractivity contribution < 1.29 is 14.3 Å². The number of ether oxygens (including phenoxy) is 1. The molecule has 0 heterocycles. The maximum absolute atomic E-state index is 11.5. The first-order valence-electron chi connectivity index (χ1n) is 5.76. The third-order valence-electron chi connectivity index (χ3n) is 2.38. The minimum Gasteiger partial charge on any atom is -0.446 e. The molecule has 0 aliphatic rings. The Morgan fingerprint density at radius 1 is 1.56 bits per heavy atom. The molecule has 5 nitrogen and oxygen atoms in total. The van der Waals surface area contributed by atoms with E-state index < -0.39 is 6.09 Å².